The molecule has 0 unspecified atom stereocenters. The minimum Gasteiger partial charge on any atom is -0.370 e. The van der Waals surface area contributed by atoms with E-state index < -0.39 is 0 Å². The van der Waals surface area contributed by atoms with E-state index in [1.54, 1.807) is 12.1 Å². The van der Waals surface area contributed by atoms with Crippen LogP contribution in [-0.4, -0.2) is 17.3 Å². The van der Waals surface area contributed by atoms with Crippen molar-refractivity contribution >= 4 is 11.5 Å². The number of nitrogens with zero attached hydrogens (tertiary/aromatic N) is 2. The van der Waals surface area contributed by atoms with Gasteiger partial charge in [0, 0.05) is 31.6 Å². The summed E-state index contributed by atoms with van der Waals surface area (Å²) in [4.78, 5) is 14.5. The van der Waals surface area contributed by atoms with E-state index in [9.17, 15) is 10.1 Å². The highest BCUT2D eigenvalue weighted by molar-refractivity contribution is 5.83. The SMILES string of the molecule is O=[N+]([O-])c1cccc(CNC2=NCCC2)c1. The fraction of sp³-hybridized carbons (Fsp3) is 0.364. The van der Waals surface area contributed by atoms with Gasteiger partial charge in [-0.15, -0.1) is 0 Å². The molecule has 0 atom stereocenters. The summed E-state index contributed by atoms with van der Waals surface area (Å²) in [6.45, 7) is 1.48. The molecule has 0 bridgehead atoms. The number of amidine groups is 1. The second-order valence-electron chi connectivity index (χ2n) is 3.71. The van der Waals surface area contributed by atoms with E-state index in [1.807, 2.05) is 6.07 Å². The molecule has 16 heavy (non-hydrogen) atoms. The molecule has 0 saturated carbocycles. The molecule has 0 aromatic heterocycles. The van der Waals surface area contributed by atoms with E-state index in [2.05, 4.69) is 10.3 Å². The highest BCUT2D eigenvalue weighted by Crippen LogP contribution is 2.13. The molecule has 1 aromatic carbocycles. The molecule has 1 aromatic rings. The van der Waals surface area contributed by atoms with Crippen molar-refractivity contribution in [1.29, 1.82) is 0 Å². The second kappa shape index (κ2) is 4.74. The van der Waals surface area contributed by atoms with Gasteiger partial charge < -0.3 is 5.32 Å². The Morgan fingerprint density at radius 3 is 3.06 bits per heavy atom. The number of nitro benzene ring substituents is 1. The molecular weight excluding hydrogens is 206 g/mol. The smallest absolute Gasteiger partial charge is 0.269 e. The van der Waals surface area contributed by atoms with Crippen LogP contribution in [0, 0.1) is 10.1 Å². The highest BCUT2D eigenvalue weighted by Gasteiger charge is 2.07. The Kier molecular flexibility index (Phi) is 3.14. The van der Waals surface area contributed by atoms with Crippen molar-refractivity contribution < 1.29 is 4.92 Å². The third-order valence-corrected chi connectivity index (χ3v) is 2.49. The van der Waals surface area contributed by atoms with Gasteiger partial charge in [-0.2, -0.15) is 0 Å². The summed E-state index contributed by atoms with van der Waals surface area (Å²) >= 11 is 0. The molecule has 5 heteroatoms. The number of hydrogen-bond acceptors (Lipinski definition) is 4. The van der Waals surface area contributed by atoms with Crippen LogP contribution in [0.2, 0.25) is 0 Å². The number of benzene rings is 1. The van der Waals surface area contributed by atoms with Crippen LogP contribution in [0.1, 0.15) is 18.4 Å². The average Bonchev–Trinajstić information content (AvgIpc) is 2.79. The first-order chi connectivity index (χ1) is 7.75. The van der Waals surface area contributed by atoms with Gasteiger partial charge in [-0.1, -0.05) is 12.1 Å². The van der Waals surface area contributed by atoms with Gasteiger partial charge in [-0.05, 0) is 12.0 Å². The molecule has 2 rings (SSSR count). The summed E-state index contributed by atoms with van der Waals surface area (Å²) in [5.41, 5.74) is 1.04. The lowest BCUT2D eigenvalue weighted by atomic mass is 10.2. The molecule has 84 valence electrons. The van der Waals surface area contributed by atoms with Crippen molar-refractivity contribution in [1.82, 2.24) is 5.32 Å². The van der Waals surface area contributed by atoms with Gasteiger partial charge in [0.25, 0.3) is 5.69 Å². The van der Waals surface area contributed by atoms with Crippen molar-refractivity contribution in [3.05, 3.63) is 39.9 Å². The molecule has 1 heterocycles. The lowest BCUT2D eigenvalue weighted by molar-refractivity contribution is -0.384. The molecule has 0 spiro atoms. The summed E-state index contributed by atoms with van der Waals surface area (Å²) in [6, 6.07) is 6.65. The van der Waals surface area contributed by atoms with E-state index in [0.29, 0.717) is 6.54 Å². The molecule has 1 N–H and O–H groups in total. The standard InChI is InChI=1S/C11H13N3O2/c15-14(16)10-4-1-3-9(7-10)8-13-11-5-2-6-12-11/h1,3-4,7H,2,5-6,8H2,(H,12,13). The lowest BCUT2D eigenvalue weighted by Gasteiger charge is -2.05. The predicted molar refractivity (Wildman–Crippen MR) is 61.5 cm³/mol. The topological polar surface area (TPSA) is 67.5 Å². The van der Waals surface area contributed by atoms with Crippen LogP contribution in [-0.2, 0) is 6.54 Å². The maximum atomic E-state index is 10.6. The molecule has 0 radical (unpaired) electrons. The maximum absolute atomic E-state index is 10.6. The highest BCUT2D eigenvalue weighted by atomic mass is 16.6. The van der Waals surface area contributed by atoms with Crippen molar-refractivity contribution in [3.63, 3.8) is 0 Å². The fourth-order valence-electron chi connectivity index (χ4n) is 1.67. The Labute approximate surface area is 93.3 Å². The van der Waals surface area contributed by atoms with E-state index >= 15 is 0 Å². The summed E-state index contributed by atoms with van der Waals surface area (Å²) < 4.78 is 0. The van der Waals surface area contributed by atoms with E-state index in [1.165, 1.54) is 6.07 Å². The van der Waals surface area contributed by atoms with Crippen LogP contribution in [0.3, 0.4) is 0 Å². The van der Waals surface area contributed by atoms with Crippen LogP contribution in [0.15, 0.2) is 29.3 Å². The van der Waals surface area contributed by atoms with Gasteiger partial charge in [0.15, 0.2) is 0 Å². The molecule has 0 aliphatic carbocycles. The van der Waals surface area contributed by atoms with Crippen LogP contribution in [0.25, 0.3) is 0 Å². The minimum absolute atomic E-state index is 0.132. The van der Waals surface area contributed by atoms with Crippen LogP contribution < -0.4 is 5.32 Å². The van der Waals surface area contributed by atoms with Gasteiger partial charge >= 0.3 is 0 Å². The quantitative estimate of drug-likeness (QED) is 0.623. The van der Waals surface area contributed by atoms with Crippen LogP contribution in [0.5, 0.6) is 0 Å². The van der Waals surface area contributed by atoms with Crippen molar-refractivity contribution in [3.8, 4) is 0 Å². The average molecular weight is 219 g/mol. The molecule has 1 aliphatic heterocycles. The number of nitrogens with one attached hydrogen (secondary N) is 1. The lowest BCUT2D eigenvalue weighted by Crippen LogP contribution is -2.20. The first-order valence-electron chi connectivity index (χ1n) is 5.26. The van der Waals surface area contributed by atoms with E-state index in [0.717, 1.165) is 30.8 Å². The van der Waals surface area contributed by atoms with Gasteiger partial charge in [0.2, 0.25) is 0 Å². The summed E-state index contributed by atoms with van der Waals surface area (Å²) in [7, 11) is 0. The maximum Gasteiger partial charge on any atom is 0.269 e. The summed E-state index contributed by atoms with van der Waals surface area (Å²) in [5.74, 6) is 1.01. The molecule has 0 saturated heterocycles. The van der Waals surface area contributed by atoms with E-state index in [-0.39, 0.29) is 10.6 Å². The van der Waals surface area contributed by atoms with E-state index in [4.69, 9.17) is 0 Å². The second-order valence-corrected chi connectivity index (χ2v) is 3.71. The van der Waals surface area contributed by atoms with Gasteiger partial charge in [0.1, 0.15) is 0 Å². The minimum atomic E-state index is -0.378. The van der Waals surface area contributed by atoms with Crippen molar-refractivity contribution in [2.75, 3.05) is 6.54 Å². The summed E-state index contributed by atoms with van der Waals surface area (Å²) in [5, 5.41) is 13.8. The molecule has 5 nitrogen and oxygen atoms in total. The molecule has 0 fully saturated rings. The monoisotopic (exact) mass is 219 g/mol. The summed E-state index contributed by atoms with van der Waals surface area (Å²) in [6.07, 6.45) is 2.08. The number of nitro groups is 1. The Balaban J connectivity index is 1.98. The first-order valence-corrected chi connectivity index (χ1v) is 5.26. The zero-order valence-electron chi connectivity index (χ0n) is 8.85. The van der Waals surface area contributed by atoms with Gasteiger partial charge in [-0.3, -0.25) is 15.1 Å². The number of non-ortho nitro benzene ring substituents is 1. The molecule has 1 aliphatic rings. The Morgan fingerprint density at radius 2 is 2.38 bits per heavy atom. The third-order valence-electron chi connectivity index (χ3n) is 2.49. The zero-order chi connectivity index (χ0) is 11.4. The third kappa shape index (κ3) is 2.56. The Hall–Kier alpha value is -1.91. The Bertz CT molecular complexity index is 429. The zero-order valence-corrected chi connectivity index (χ0v) is 8.85. The molecule has 0 amide bonds. The van der Waals surface area contributed by atoms with Gasteiger partial charge in [-0.25, -0.2) is 0 Å². The normalized spacial score (nSPS) is 14.6. The van der Waals surface area contributed by atoms with Crippen LogP contribution in [0.4, 0.5) is 5.69 Å². The largest absolute Gasteiger partial charge is 0.370 e. The van der Waals surface area contributed by atoms with Crippen LogP contribution >= 0.6 is 0 Å². The fourth-order valence-corrected chi connectivity index (χ4v) is 1.67. The number of hydrogen-bond donors (Lipinski definition) is 1. The molecular formula is C11H13N3O2. The van der Waals surface area contributed by atoms with Gasteiger partial charge in [0.05, 0.1) is 10.8 Å². The van der Waals surface area contributed by atoms with Crippen molar-refractivity contribution in [2.24, 2.45) is 4.99 Å². The number of rotatable bonds is 3. The predicted octanol–water partition coefficient (Wildman–Crippen LogP) is 1.88. The van der Waals surface area contributed by atoms with Crippen molar-refractivity contribution in [2.45, 2.75) is 19.4 Å². The Morgan fingerprint density at radius 1 is 1.50 bits per heavy atom. The first kappa shape index (κ1) is 10.6. The number of aliphatic imine (C=N–C) groups is 1.